The molecule has 0 radical (unpaired) electrons. The van der Waals surface area contributed by atoms with Gasteiger partial charge in [0.05, 0.1) is 0 Å². The number of hydrogen-bond donors (Lipinski definition) is 2. The molecule has 0 aliphatic carbocycles. The van der Waals surface area contributed by atoms with Crippen LogP contribution in [0.15, 0.2) is 42.5 Å². The van der Waals surface area contributed by atoms with Gasteiger partial charge in [-0.25, -0.2) is 4.39 Å². The molecule has 0 unspecified atom stereocenters. The molecule has 2 aromatic carbocycles. The minimum atomic E-state index is -0.248. The van der Waals surface area contributed by atoms with Crippen molar-refractivity contribution >= 4 is 16.8 Å². The van der Waals surface area contributed by atoms with Crippen LogP contribution in [-0.4, -0.2) is 17.4 Å². The number of amides is 1. The van der Waals surface area contributed by atoms with Crippen LogP contribution in [0.4, 0.5) is 4.39 Å². The molecule has 23 heavy (non-hydrogen) atoms. The number of halogens is 1. The van der Waals surface area contributed by atoms with Crippen LogP contribution in [-0.2, 0) is 6.42 Å². The van der Waals surface area contributed by atoms with Crippen LogP contribution in [0.3, 0.4) is 0 Å². The van der Waals surface area contributed by atoms with E-state index in [-0.39, 0.29) is 11.7 Å². The van der Waals surface area contributed by atoms with Gasteiger partial charge >= 0.3 is 0 Å². The first-order valence-electron chi connectivity index (χ1n) is 7.66. The Kier molecular flexibility index (Phi) is 4.15. The van der Waals surface area contributed by atoms with E-state index in [9.17, 15) is 9.18 Å². The van der Waals surface area contributed by atoms with E-state index in [1.54, 1.807) is 12.1 Å². The van der Waals surface area contributed by atoms with Gasteiger partial charge in [0.1, 0.15) is 11.5 Å². The Labute approximate surface area is 134 Å². The molecule has 0 atom stereocenters. The zero-order chi connectivity index (χ0) is 16.4. The molecule has 3 rings (SSSR count). The Morgan fingerprint density at radius 3 is 2.61 bits per heavy atom. The van der Waals surface area contributed by atoms with Crippen molar-refractivity contribution in [3.63, 3.8) is 0 Å². The van der Waals surface area contributed by atoms with Crippen LogP contribution >= 0.6 is 0 Å². The highest BCUT2D eigenvalue weighted by Gasteiger charge is 2.14. The van der Waals surface area contributed by atoms with Gasteiger partial charge < -0.3 is 10.3 Å². The summed E-state index contributed by atoms with van der Waals surface area (Å²) < 4.78 is 12.9. The zero-order valence-electron chi connectivity index (χ0n) is 13.2. The summed E-state index contributed by atoms with van der Waals surface area (Å²) in [4.78, 5) is 15.5. The molecule has 118 valence electrons. The third-order valence-electron chi connectivity index (χ3n) is 4.05. The van der Waals surface area contributed by atoms with Crippen molar-refractivity contribution in [3.8, 4) is 0 Å². The Hall–Kier alpha value is -2.62. The summed E-state index contributed by atoms with van der Waals surface area (Å²) in [7, 11) is 0. The van der Waals surface area contributed by atoms with Crippen molar-refractivity contribution in [2.24, 2.45) is 0 Å². The van der Waals surface area contributed by atoms with Gasteiger partial charge in [-0.3, -0.25) is 4.79 Å². The fourth-order valence-corrected chi connectivity index (χ4v) is 2.73. The van der Waals surface area contributed by atoms with Crippen molar-refractivity contribution < 1.29 is 9.18 Å². The fourth-order valence-electron chi connectivity index (χ4n) is 2.73. The fraction of sp³-hybridized carbons (Fsp3) is 0.211. The maximum Gasteiger partial charge on any atom is 0.268 e. The molecular weight excluding hydrogens is 291 g/mol. The lowest BCUT2D eigenvalue weighted by Gasteiger charge is -2.05. The lowest BCUT2D eigenvalue weighted by molar-refractivity contribution is 0.0949. The van der Waals surface area contributed by atoms with Gasteiger partial charge in [0, 0.05) is 17.4 Å². The van der Waals surface area contributed by atoms with E-state index >= 15 is 0 Å². The average molecular weight is 310 g/mol. The summed E-state index contributed by atoms with van der Waals surface area (Å²) in [6.07, 6.45) is 0.671. The quantitative estimate of drug-likeness (QED) is 0.754. The molecule has 2 N–H and O–H groups in total. The topological polar surface area (TPSA) is 44.9 Å². The van der Waals surface area contributed by atoms with E-state index in [4.69, 9.17) is 0 Å². The minimum Gasteiger partial charge on any atom is -0.350 e. The van der Waals surface area contributed by atoms with Gasteiger partial charge in [-0.1, -0.05) is 23.8 Å². The van der Waals surface area contributed by atoms with Gasteiger partial charge in [-0.2, -0.15) is 0 Å². The van der Waals surface area contributed by atoms with E-state index in [0.29, 0.717) is 18.7 Å². The van der Waals surface area contributed by atoms with Crippen LogP contribution in [0.5, 0.6) is 0 Å². The molecule has 0 saturated heterocycles. The Morgan fingerprint density at radius 1 is 1.13 bits per heavy atom. The van der Waals surface area contributed by atoms with Gasteiger partial charge in [0.15, 0.2) is 0 Å². The van der Waals surface area contributed by atoms with Gasteiger partial charge in [0.25, 0.3) is 5.91 Å². The highest BCUT2D eigenvalue weighted by Crippen LogP contribution is 2.22. The molecule has 0 aliphatic heterocycles. The van der Waals surface area contributed by atoms with Crippen molar-refractivity contribution in [3.05, 3.63) is 70.7 Å². The van der Waals surface area contributed by atoms with Crippen LogP contribution in [0.25, 0.3) is 10.9 Å². The average Bonchev–Trinajstić information content (AvgIpc) is 2.86. The summed E-state index contributed by atoms with van der Waals surface area (Å²) in [5.74, 6) is -0.361. The lowest BCUT2D eigenvalue weighted by atomic mass is 10.1. The molecule has 0 bridgehead atoms. The van der Waals surface area contributed by atoms with Crippen molar-refractivity contribution in [1.82, 2.24) is 10.3 Å². The van der Waals surface area contributed by atoms with E-state index in [1.807, 2.05) is 26.0 Å². The van der Waals surface area contributed by atoms with E-state index in [2.05, 4.69) is 16.4 Å². The van der Waals surface area contributed by atoms with Gasteiger partial charge in [-0.15, -0.1) is 0 Å². The van der Waals surface area contributed by atoms with Crippen molar-refractivity contribution in [2.45, 2.75) is 20.3 Å². The standard InChI is InChI=1S/C19H19FN2O/c1-12-3-8-17-16(11-12)13(2)18(22-17)19(23)21-10-9-14-4-6-15(20)7-5-14/h3-8,11,22H,9-10H2,1-2H3,(H,21,23). The maximum atomic E-state index is 12.9. The molecule has 0 spiro atoms. The lowest BCUT2D eigenvalue weighted by Crippen LogP contribution is -2.26. The minimum absolute atomic E-state index is 0.113. The number of benzene rings is 2. The summed E-state index contributed by atoms with van der Waals surface area (Å²) in [5.41, 5.74) is 4.70. The Morgan fingerprint density at radius 2 is 1.87 bits per heavy atom. The first-order chi connectivity index (χ1) is 11.0. The first-order valence-corrected chi connectivity index (χ1v) is 7.66. The van der Waals surface area contributed by atoms with Gasteiger partial charge in [0.2, 0.25) is 0 Å². The molecule has 1 amide bonds. The van der Waals surface area contributed by atoms with Crippen molar-refractivity contribution in [2.75, 3.05) is 6.54 Å². The predicted octanol–water partition coefficient (Wildman–Crippen LogP) is 3.90. The largest absolute Gasteiger partial charge is 0.350 e. The van der Waals surface area contributed by atoms with E-state index in [0.717, 1.165) is 22.0 Å². The highest BCUT2D eigenvalue weighted by atomic mass is 19.1. The third kappa shape index (κ3) is 3.26. The van der Waals surface area contributed by atoms with Crippen LogP contribution in [0.1, 0.15) is 27.2 Å². The van der Waals surface area contributed by atoms with E-state index in [1.165, 1.54) is 17.7 Å². The summed E-state index contributed by atoms with van der Waals surface area (Å²) in [6, 6.07) is 12.4. The second kappa shape index (κ2) is 6.24. The SMILES string of the molecule is Cc1ccc2[nH]c(C(=O)NCCc3ccc(F)cc3)c(C)c2c1. The molecular formula is C19H19FN2O. The van der Waals surface area contributed by atoms with Crippen LogP contribution < -0.4 is 5.32 Å². The first kappa shape index (κ1) is 15.3. The number of fused-ring (bicyclic) bond motifs is 1. The number of rotatable bonds is 4. The number of hydrogen-bond acceptors (Lipinski definition) is 1. The number of carbonyl (C=O) groups excluding carboxylic acids is 1. The zero-order valence-corrected chi connectivity index (χ0v) is 13.2. The summed E-state index contributed by atoms with van der Waals surface area (Å²) in [6.45, 7) is 4.50. The van der Waals surface area contributed by atoms with E-state index < -0.39 is 0 Å². The second-order valence-corrected chi connectivity index (χ2v) is 5.81. The number of aromatic nitrogens is 1. The molecule has 3 nitrogen and oxygen atoms in total. The molecule has 0 aliphatic rings. The normalized spacial score (nSPS) is 10.9. The smallest absolute Gasteiger partial charge is 0.268 e. The number of H-pyrrole nitrogens is 1. The maximum absolute atomic E-state index is 12.9. The summed E-state index contributed by atoms with van der Waals surface area (Å²) >= 11 is 0. The van der Waals surface area contributed by atoms with Gasteiger partial charge in [-0.05, 0) is 55.7 Å². The summed E-state index contributed by atoms with van der Waals surface area (Å²) in [5, 5.41) is 3.99. The molecule has 3 aromatic rings. The number of nitrogens with one attached hydrogen (secondary N) is 2. The van der Waals surface area contributed by atoms with Crippen molar-refractivity contribution in [1.29, 1.82) is 0 Å². The highest BCUT2D eigenvalue weighted by molar-refractivity contribution is 6.01. The molecule has 0 fully saturated rings. The molecule has 1 heterocycles. The Balaban J connectivity index is 1.68. The molecule has 0 saturated carbocycles. The third-order valence-corrected chi connectivity index (χ3v) is 4.05. The Bertz CT molecular complexity index is 850. The second-order valence-electron chi connectivity index (χ2n) is 5.81. The monoisotopic (exact) mass is 310 g/mol. The molecule has 1 aromatic heterocycles. The van der Waals surface area contributed by atoms with Crippen LogP contribution in [0.2, 0.25) is 0 Å². The number of aromatic amines is 1. The number of carbonyl (C=O) groups is 1. The molecule has 4 heteroatoms. The predicted molar refractivity (Wildman–Crippen MR) is 90.2 cm³/mol. The van der Waals surface area contributed by atoms with Crippen LogP contribution in [0, 0.1) is 19.7 Å². The number of aryl methyl sites for hydroxylation is 2.